The van der Waals surface area contributed by atoms with Gasteiger partial charge in [0.2, 0.25) is 0 Å². The zero-order chi connectivity index (χ0) is 9.42. The molecular weight excluding hydrogens is 176 g/mol. The van der Waals surface area contributed by atoms with E-state index in [1.165, 1.54) is 6.92 Å². The minimum Gasteiger partial charge on any atom is -0.457 e. The molecule has 0 aliphatic carbocycles. The molecule has 73 valence electrons. The first-order valence-electron chi connectivity index (χ1n) is 4.13. The van der Waals surface area contributed by atoms with E-state index in [0.717, 1.165) is 0 Å². The third kappa shape index (κ3) is 1.54. The molecule has 0 unspecified atom stereocenters. The van der Waals surface area contributed by atoms with Gasteiger partial charge in [0.25, 0.3) is 0 Å². The second kappa shape index (κ2) is 3.25. The van der Waals surface area contributed by atoms with Crippen LogP contribution in [0.15, 0.2) is 0 Å². The molecule has 3 atom stereocenters. The summed E-state index contributed by atoms with van der Waals surface area (Å²) < 4.78 is 15.4. The molecule has 0 aromatic heterocycles. The first kappa shape index (κ1) is 8.93. The molecule has 2 rings (SSSR count). The van der Waals surface area contributed by atoms with E-state index >= 15 is 0 Å². The first-order chi connectivity index (χ1) is 6.18. The number of aliphatic hydroxyl groups excluding tert-OH is 1. The number of hydrogen-bond donors (Lipinski definition) is 1. The fourth-order valence-electron chi connectivity index (χ4n) is 1.64. The van der Waals surface area contributed by atoms with Crippen LogP contribution in [0.4, 0.5) is 0 Å². The van der Waals surface area contributed by atoms with Gasteiger partial charge in [0.15, 0.2) is 12.2 Å². The topological polar surface area (TPSA) is 65.0 Å². The maximum atomic E-state index is 10.7. The van der Waals surface area contributed by atoms with Gasteiger partial charge in [0, 0.05) is 6.92 Å². The Kier molecular flexibility index (Phi) is 2.23. The average molecular weight is 187 g/mol. The number of fused-ring (bicyclic) bond motifs is 1. The fraction of sp³-hybridized carbons (Fsp3) is 0.750. The van der Waals surface area contributed by atoms with Gasteiger partial charge in [0.05, 0.1) is 13.2 Å². The van der Waals surface area contributed by atoms with Crippen LogP contribution >= 0.6 is 0 Å². The Balaban J connectivity index is 1.98. The number of rotatable bonds is 1. The highest BCUT2D eigenvalue weighted by molar-refractivity contribution is 5.66. The monoisotopic (exact) mass is 187 g/mol. The Morgan fingerprint density at radius 1 is 1.62 bits per heavy atom. The van der Waals surface area contributed by atoms with Crippen LogP contribution in [0.3, 0.4) is 0 Å². The van der Waals surface area contributed by atoms with E-state index in [9.17, 15) is 9.90 Å². The molecule has 0 saturated carbocycles. The largest absolute Gasteiger partial charge is 0.457 e. The lowest BCUT2D eigenvalue weighted by Gasteiger charge is -2.14. The smallest absolute Gasteiger partial charge is 0.303 e. The molecule has 5 heteroatoms. The Morgan fingerprint density at radius 3 is 3.08 bits per heavy atom. The lowest BCUT2D eigenvalue weighted by molar-refractivity contribution is -0.150. The summed E-state index contributed by atoms with van der Waals surface area (Å²) >= 11 is 0. The summed E-state index contributed by atoms with van der Waals surface area (Å²) in [4.78, 5) is 10.7. The zero-order valence-electron chi connectivity index (χ0n) is 7.23. The molecule has 5 nitrogen and oxygen atoms in total. The Hall–Kier alpha value is -0.650. The Bertz CT molecular complexity index is 217. The Morgan fingerprint density at radius 2 is 2.38 bits per heavy atom. The zero-order valence-corrected chi connectivity index (χ0v) is 7.23. The molecule has 2 saturated heterocycles. The summed E-state index contributed by atoms with van der Waals surface area (Å²) in [5.41, 5.74) is 0. The number of aliphatic hydroxyl groups is 1. The van der Waals surface area contributed by atoms with Crippen LogP contribution in [0.2, 0.25) is 0 Å². The highest BCUT2D eigenvalue weighted by Crippen LogP contribution is 2.32. The van der Waals surface area contributed by atoms with Gasteiger partial charge in [-0.15, -0.1) is 0 Å². The van der Waals surface area contributed by atoms with E-state index in [0.29, 0.717) is 6.61 Å². The van der Waals surface area contributed by atoms with Crippen LogP contribution < -0.4 is 0 Å². The van der Waals surface area contributed by atoms with Crippen LogP contribution in [-0.4, -0.2) is 42.6 Å². The van der Waals surface area contributed by atoms with Crippen molar-refractivity contribution in [2.45, 2.75) is 25.2 Å². The van der Waals surface area contributed by atoms with E-state index in [-0.39, 0.29) is 30.9 Å². The number of esters is 1. The van der Waals surface area contributed by atoms with Crippen molar-refractivity contribution >= 4 is 5.97 Å². The van der Waals surface area contributed by atoms with Crippen molar-refractivity contribution in [2.24, 2.45) is 0 Å². The van der Waals surface area contributed by atoms with E-state index in [1.807, 2.05) is 0 Å². The number of ether oxygens (including phenoxy) is 3. The van der Waals surface area contributed by atoms with Crippen LogP contribution in [0.25, 0.3) is 0 Å². The lowest BCUT2D eigenvalue weighted by Crippen LogP contribution is -2.32. The minimum atomic E-state index is -0.413. The molecule has 1 N–H and O–H groups in total. The SMILES string of the molecule is CC(=O)O[C@H]1CO[C@@H]2[C](O)CO[C@H]12. The van der Waals surface area contributed by atoms with Gasteiger partial charge in [-0.3, -0.25) is 4.79 Å². The molecule has 2 fully saturated rings. The molecular formula is C8H11O5. The minimum absolute atomic E-state index is 0.174. The van der Waals surface area contributed by atoms with Crippen LogP contribution in [0, 0.1) is 6.10 Å². The third-order valence-electron chi connectivity index (χ3n) is 2.17. The molecule has 13 heavy (non-hydrogen) atoms. The number of hydrogen-bond acceptors (Lipinski definition) is 5. The standard InChI is InChI=1S/C8H11O5/c1-4(9)13-6-3-12-7-5(10)2-11-8(6)7/h6-8,10H,2-3H2,1H3/t6-,7+,8+/m0/s1. The van der Waals surface area contributed by atoms with Gasteiger partial charge in [0.1, 0.15) is 12.2 Å². The van der Waals surface area contributed by atoms with E-state index < -0.39 is 6.10 Å². The fourth-order valence-corrected chi connectivity index (χ4v) is 1.64. The predicted molar refractivity (Wildman–Crippen MR) is 40.2 cm³/mol. The number of carbonyl (C=O) groups excluding carboxylic acids is 1. The summed E-state index contributed by atoms with van der Waals surface area (Å²) in [6.07, 6.45) is -0.944. The van der Waals surface area contributed by atoms with Gasteiger partial charge in [-0.25, -0.2) is 0 Å². The second-order valence-corrected chi connectivity index (χ2v) is 3.17. The molecule has 2 aliphatic heterocycles. The summed E-state index contributed by atoms with van der Waals surface area (Å²) in [6.45, 7) is 1.80. The van der Waals surface area contributed by atoms with E-state index in [4.69, 9.17) is 14.2 Å². The van der Waals surface area contributed by atoms with Crippen LogP contribution in [0.5, 0.6) is 0 Å². The molecule has 0 aromatic rings. The Labute approximate surface area is 75.6 Å². The molecule has 2 aliphatic rings. The first-order valence-corrected chi connectivity index (χ1v) is 4.13. The van der Waals surface area contributed by atoms with Gasteiger partial charge in [-0.05, 0) is 0 Å². The van der Waals surface area contributed by atoms with Crippen molar-refractivity contribution in [1.82, 2.24) is 0 Å². The van der Waals surface area contributed by atoms with Crippen molar-refractivity contribution in [3.8, 4) is 0 Å². The maximum Gasteiger partial charge on any atom is 0.303 e. The van der Waals surface area contributed by atoms with E-state index in [2.05, 4.69) is 0 Å². The van der Waals surface area contributed by atoms with Crippen molar-refractivity contribution in [1.29, 1.82) is 0 Å². The summed E-state index contributed by atoms with van der Waals surface area (Å²) in [5.74, 6) is -0.357. The second-order valence-electron chi connectivity index (χ2n) is 3.17. The lowest BCUT2D eigenvalue weighted by atomic mass is 10.1. The van der Waals surface area contributed by atoms with Crippen molar-refractivity contribution in [3.05, 3.63) is 6.10 Å². The van der Waals surface area contributed by atoms with Crippen LogP contribution in [0.1, 0.15) is 6.92 Å². The predicted octanol–water partition coefficient (Wildman–Crippen LogP) is -0.380. The molecule has 0 amide bonds. The highest BCUT2D eigenvalue weighted by Gasteiger charge is 2.49. The molecule has 2 heterocycles. The van der Waals surface area contributed by atoms with Crippen molar-refractivity contribution in [2.75, 3.05) is 13.2 Å². The van der Waals surface area contributed by atoms with Crippen LogP contribution in [-0.2, 0) is 19.0 Å². The highest BCUT2D eigenvalue weighted by atomic mass is 16.6. The van der Waals surface area contributed by atoms with Gasteiger partial charge < -0.3 is 19.3 Å². The maximum absolute atomic E-state index is 10.7. The molecule has 0 aromatic carbocycles. The summed E-state index contributed by atoms with van der Waals surface area (Å²) in [7, 11) is 0. The average Bonchev–Trinajstić information content (AvgIpc) is 2.56. The van der Waals surface area contributed by atoms with Gasteiger partial charge >= 0.3 is 5.97 Å². The summed E-state index contributed by atoms with van der Waals surface area (Å²) in [5, 5.41) is 9.28. The summed E-state index contributed by atoms with van der Waals surface area (Å²) in [6, 6.07) is 0. The van der Waals surface area contributed by atoms with Gasteiger partial charge in [-0.2, -0.15) is 0 Å². The van der Waals surface area contributed by atoms with E-state index in [1.54, 1.807) is 0 Å². The molecule has 0 bridgehead atoms. The van der Waals surface area contributed by atoms with Crippen molar-refractivity contribution in [3.63, 3.8) is 0 Å². The number of carbonyl (C=O) groups is 1. The quantitative estimate of drug-likeness (QED) is 0.567. The van der Waals surface area contributed by atoms with Gasteiger partial charge in [-0.1, -0.05) is 0 Å². The van der Waals surface area contributed by atoms with Crippen molar-refractivity contribution < 1.29 is 24.1 Å². The molecule has 1 radical (unpaired) electrons. The molecule has 0 spiro atoms. The third-order valence-corrected chi connectivity index (χ3v) is 2.17. The normalized spacial score (nSPS) is 39.1.